The number of hydrogen-bond donors (Lipinski definition) is 0. The molecule has 0 aromatic carbocycles. The van der Waals surface area contributed by atoms with Gasteiger partial charge in [0, 0.05) is 11.7 Å². The van der Waals surface area contributed by atoms with Crippen LogP contribution in [-0.4, -0.2) is 32.1 Å². The molecular weight excluding hydrogens is 211 g/mol. The second-order valence-corrected chi connectivity index (χ2v) is 7.87. The van der Waals surface area contributed by atoms with Gasteiger partial charge in [-0.05, 0) is 39.5 Å². The number of esters is 1. The van der Waals surface area contributed by atoms with Gasteiger partial charge in [-0.1, -0.05) is 6.58 Å². The molecule has 0 aliphatic heterocycles. The molecule has 88 valence electrons. The third kappa shape index (κ3) is 9.74. The molecule has 0 bridgehead atoms. The molecule has 4 heteroatoms. The lowest BCUT2D eigenvalue weighted by atomic mass is 10.3. The summed E-state index contributed by atoms with van der Waals surface area (Å²) in [5, 5.41) is 0. The van der Waals surface area contributed by atoms with E-state index in [0.29, 0.717) is 12.2 Å². The summed E-state index contributed by atoms with van der Waals surface area (Å²) < 4.78 is 16.3. The van der Waals surface area contributed by atoms with E-state index < -0.39 is 7.14 Å². The molecule has 0 spiro atoms. The fourth-order valence-electron chi connectivity index (χ4n) is 1.06. The topological polar surface area (TPSA) is 43.4 Å². The lowest BCUT2D eigenvalue weighted by Gasteiger charge is -2.06. The molecule has 0 radical (unpaired) electrons. The fraction of sp³-hybridized carbons (Fsp3) is 0.727. The van der Waals surface area contributed by atoms with Crippen molar-refractivity contribution in [2.75, 3.05) is 26.1 Å². The molecule has 0 atom stereocenters. The highest BCUT2D eigenvalue weighted by Gasteiger charge is 2.06. The second-order valence-electron chi connectivity index (χ2n) is 4.27. The Labute approximate surface area is 92.3 Å². The van der Waals surface area contributed by atoms with Gasteiger partial charge in [-0.2, -0.15) is 0 Å². The van der Waals surface area contributed by atoms with Crippen molar-refractivity contribution in [2.45, 2.75) is 26.2 Å². The maximum absolute atomic E-state index is 11.3. The van der Waals surface area contributed by atoms with Crippen molar-refractivity contribution in [2.24, 2.45) is 0 Å². The minimum Gasteiger partial charge on any atom is -0.462 e. The summed E-state index contributed by atoms with van der Waals surface area (Å²) in [5.41, 5.74) is 0.432. The summed E-state index contributed by atoms with van der Waals surface area (Å²) in [7, 11) is -1.87. The zero-order valence-electron chi connectivity index (χ0n) is 9.91. The number of ether oxygens (including phenoxy) is 1. The Morgan fingerprint density at radius 2 is 1.87 bits per heavy atom. The number of unbranched alkanes of at least 4 members (excludes halogenated alkanes) is 2. The average molecular weight is 232 g/mol. The van der Waals surface area contributed by atoms with Gasteiger partial charge in [0.15, 0.2) is 0 Å². The first-order valence-corrected chi connectivity index (χ1v) is 7.98. The summed E-state index contributed by atoms with van der Waals surface area (Å²) in [6.45, 7) is 9.16. The Hall–Kier alpha value is -0.560. The molecule has 0 aliphatic rings. The van der Waals surface area contributed by atoms with Crippen LogP contribution >= 0.6 is 7.14 Å². The van der Waals surface area contributed by atoms with Gasteiger partial charge < -0.3 is 9.30 Å². The number of carbonyl (C=O) groups excluding carboxylic acids is 1. The maximum atomic E-state index is 11.3. The number of hydrogen-bond acceptors (Lipinski definition) is 3. The average Bonchev–Trinajstić information content (AvgIpc) is 2.08. The first-order chi connectivity index (χ1) is 6.83. The lowest BCUT2D eigenvalue weighted by molar-refractivity contribution is -0.139. The van der Waals surface area contributed by atoms with Crippen LogP contribution in [0.5, 0.6) is 0 Å². The van der Waals surface area contributed by atoms with Crippen LogP contribution in [0, 0.1) is 0 Å². The van der Waals surface area contributed by atoms with E-state index in [4.69, 9.17) is 4.74 Å². The molecule has 0 unspecified atom stereocenters. The minimum atomic E-state index is -1.87. The minimum absolute atomic E-state index is 0.327. The highest BCUT2D eigenvalue weighted by Crippen LogP contribution is 2.36. The number of rotatable bonds is 7. The van der Waals surface area contributed by atoms with Gasteiger partial charge in [0.25, 0.3) is 0 Å². The van der Waals surface area contributed by atoms with Gasteiger partial charge >= 0.3 is 5.97 Å². The van der Waals surface area contributed by atoms with E-state index in [1.54, 1.807) is 20.3 Å². The lowest BCUT2D eigenvalue weighted by Crippen LogP contribution is -2.06. The van der Waals surface area contributed by atoms with E-state index in [9.17, 15) is 9.36 Å². The van der Waals surface area contributed by atoms with Gasteiger partial charge in [-0.3, -0.25) is 0 Å². The molecule has 15 heavy (non-hydrogen) atoms. The Bertz CT molecular complexity index is 265. The van der Waals surface area contributed by atoms with Crippen LogP contribution in [0.4, 0.5) is 0 Å². The normalized spacial score (nSPS) is 11.1. The first kappa shape index (κ1) is 14.4. The largest absolute Gasteiger partial charge is 0.462 e. The molecule has 0 heterocycles. The van der Waals surface area contributed by atoms with Crippen molar-refractivity contribution in [3.05, 3.63) is 12.2 Å². The Morgan fingerprint density at radius 1 is 1.27 bits per heavy atom. The molecule has 0 N–H and O–H groups in total. The van der Waals surface area contributed by atoms with Crippen molar-refractivity contribution in [3.63, 3.8) is 0 Å². The molecule has 0 amide bonds. The molecule has 0 aromatic heterocycles. The van der Waals surface area contributed by atoms with Crippen LogP contribution in [-0.2, 0) is 14.1 Å². The zero-order valence-corrected chi connectivity index (χ0v) is 10.8. The molecular formula is C11H21O3P. The third-order valence-electron chi connectivity index (χ3n) is 1.92. The van der Waals surface area contributed by atoms with Crippen LogP contribution in [0.15, 0.2) is 12.2 Å². The predicted molar refractivity (Wildman–Crippen MR) is 63.9 cm³/mol. The van der Waals surface area contributed by atoms with Crippen LogP contribution in [0.2, 0.25) is 0 Å². The highest BCUT2D eigenvalue weighted by atomic mass is 31.2. The molecule has 0 rings (SSSR count). The van der Waals surface area contributed by atoms with Gasteiger partial charge in [0.2, 0.25) is 0 Å². The van der Waals surface area contributed by atoms with Crippen LogP contribution in [0.1, 0.15) is 26.2 Å². The molecule has 0 aromatic rings. The van der Waals surface area contributed by atoms with E-state index in [1.165, 1.54) is 0 Å². The van der Waals surface area contributed by atoms with E-state index in [1.807, 2.05) is 0 Å². The molecule has 0 saturated carbocycles. The Morgan fingerprint density at radius 3 is 2.33 bits per heavy atom. The van der Waals surface area contributed by atoms with Gasteiger partial charge in [-0.25, -0.2) is 4.79 Å². The molecule has 0 aliphatic carbocycles. The summed E-state index contributed by atoms with van der Waals surface area (Å²) >= 11 is 0. The summed E-state index contributed by atoms with van der Waals surface area (Å²) in [4.78, 5) is 11.0. The van der Waals surface area contributed by atoms with E-state index in [2.05, 4.69) is 6.58 Å². The number of carbonyl (C=O) groups is 1. The predicted octanol–water partition coefficient (Wildman–Crippen LogP) is 2.90. The molecule has 0 saturated heterocycles. The Balaban J connectivity index is 3.37. The Kier molecular flexibility index (Phi) is 6.58. The smallest absolute Gasteiger partial charge is 0.333 e. The van der Waals surface area contributed by atoms with E-state index in [-0.39, 0.29) is 5.97 Å². The monoisotopic (exact) mass is 232 g/mol. The highest BCUT2D eigenvalue weighted by molar-refractivity contribution is 7.62. The summed E-state index contributed by atoms with van der Waals surface area (Å²) in [6.07, 6.45) is 3.50. The van der Waals surface area contributed by atoms with Crippen LogP contribution < -0.4 is 0 Å². The van der Waals surface area contributed by atoms with Crippen LogP contribution in [0.3, 0.4) is 0 Å². The first-order valence-electron chi connectivity index (χ1n) is 5.19. The SMILES string of the molecule is C=C(C)C(=O)OCCCCCP(C)(C)=O. The zero-order chi connectivity index (χ0) is 11.9. The quantitative estimate of drug-likeness (QED) is 0.293. The molecule has 0 fully saturated rings. The van der Waals surface area contributed by atoms with Gasteiger partial charge in [0.05, 0.1) is 13.7 Å². The van der Waals surface area contributed by atoms with Gasteiger partial charge in [-0.15, -0.1) is 0 Å². The maximum Gasteiger partial charge on any atom is 0.333 e. The standard InChI is InChI=1S/C11H21O3P/c1-10(2)11(12)14-8-6-5-7-9-15(3,4)13/h1,5-9H2,2-4H3. The van der Waals surface area contributed by atoms with Crippen molar-refractivity contribution in [1.82, 2.24) is 0 Å². The van der Waals surface area contributed by atoms with Gasteiger partial charge in [0.1, 0.15) is 0 Å². The summed E-state index contributed by atoms with van der Waals surface area (Å²) in [5.74, 6) is -0.327. The summed E-state index contributed by atoms with van der Waals surface area (Å²) in [6, 6.07) is 0. The van der Waals surface area contributed by atoms with Crippen molar-refractivity contribution < 1.29 is 14.1 Å². The fourth-order valence-corrected chi connectivity index (χ4v) is 2.04. The van der Waals surface area contributed by atoms with E-state index >= 15 is 0 Å². The van der Waals surface area contributed by atoms with Crippen molar-refractivity contribution >= 4 is 13.1 Å². The molecule has 3 nitrogen and oxygen atoms in total. The second kappa shape index (κ2) is 6.84. The van der Waals surface area contributed by atoms with E-state index in [0.717, 1.165) is 25.4 Å². The third-order valence-corrected chi connectivity index (χ3v) is 3.32. The van der Waals surface area contributed by atoms with Crippen molar-refractivity contribution in [3.8, 4) is 0 Å². The van der Waals surface area contributed by atoms with Crippen LogP contribution in [0.25, 0.3) is 0 Å². The van der Waals surface area contributed by atoms with Crippen molar-refractivity contribution in [1.29, 1.82) is 0 Å².